The maximum Gasteiger partial charge on any atom is 0.243 e. The van der Waals surface area contributed by atoms with Gasteiger partial charge in [-0.1, -0.05) is 0 Å². The van der Waals surface area contributed by atoms with Crippen molar-refractivity contribution in [2.45, 2.75) is 0 Å². The Balaban J connectivity index is 1.55. The van der Waals surface area contributed by atoms with Gasteiger partial charge in [-0.3, -0.25) is 0 Å². The van der Waals surface area contributed by atoms with Crippen LogP contribution in [0.2, 0.25) is 0 Å². The van der Waals surface area contributed by atoms with Crippen LogP contribution in [0.4, 0.5) is 0 Å². The van der Waals surface area contributed by atoms with Gasteiger partial charge in [0.05, 0.1) is 6.20 Å². The van der Waals surface area contributed by atoms with Gasteiger partial charge >= 0.3 is 0 Å². The van der Waals surface area contributed by atoms with E-state index < -0.39 is 0 Å². The third kappa shape index (κ3) is 2.91. The average Bonchev–Trinajstić information content (AvgIpc) is 2.85. The van der Waals surface area contributed by atoms with Crippen molar-refractivity contribution in [2.24, 2.45) is 30.0 Å². The van der Waals surface area contributed by atoms with E-state index in [1.807, 2.05) is 0 Å². The van der Waals surface area contributed by atoms with Gasteiger partial charge in [-0.15, -0.1) is 0 Å². The fourth-order valence-electron chi connectivity index (χ4n) is 2.76. The molecule has 6 heterocycles. The number of rotatable bonds is 3. The fourth-order valence-corrected chi connectivity index (χ4v) is 2.76. The Morgan fingerprint density at radius 2 is 1.03 bits per heavy atom. The van der Waals surface area contributed by atoms with Crippen LogP contribution in [0.15, 0.2) is 73.1 Å². The number of nitrogens with zero attached hydrogens (tertiary/aromatic N) is 13. The molecule has 0 aromatic carbocycles. The standard InChI is InChI=1S/C18H7N13/c1-4-19-10(20-5-1)13-25-16-27-14(11-21-6-2-7-22-11)29-18-30-15(12-23-8-3-9-24-12)28-17(26-13)31(16)18/h1-2,4-8H. The highest BCUT2D eigenvalue weighted by molar-refractivity contribution is 6.33. The molecule has 0 bridgehead atoms. The molecule has 6 rings (SSSR count). The first-order valence-electron chi connectivity index (χ1n) is 8.83. The summed E-state index contributed by atoms with van der Waals surface area (Å²) in [5.74, 6) is 2.23. The lowest BCUT2D eigenvalue weighted by Gasteiger charge is -2.29. The summed E-state index contributed by atoms with van der Waals surface area (Å²) in [5, 5.41) is 0. The smallest absolute Gasteiger partial charge is 0.234 e. The second-order valence-electron chi connectivity index (χ2n) is 5.97. The highest BCUT2D eigenvalue weighted by Crippen LogP contribution is 2.20. The predicted molar refractivity (Wildman–Crippen MR) is 108 cm³/mol. The van der Waals surface area contributed by atoms with E-state index >= 15 is 0 Å². The lowest BCUT2D eigenvalue weighted by Crippen LogP contribution is -2.48. The number of hydrogen-bond donors (Lipinski definition) is 0. The molecule has 0 radical (unpaired) electrons. The molecule has 144 valence electrons. The van der Waals surface area contributed by atoms with Crippen molar-refractivity contribution in [3.8, 4) is 0 Å². The van der Waals surface area contributed by atoms with Gasteiger partial charge in [0.25, 0.3) is 0 Å². The highest BCUT2D eigenvalue weighted by Gasteiger charge is 2.36. The fraction of sp³-hybridized carbons (Fsp3) is 0. The van der Waals surface area contributed by atoms with Crippen molar-refractivity contribution in [2.75, 3.05) is 0 Å². The zero-order valence-electron chi connectivity index (χ0n) is 15.4. The van der Waals surface area contributed by atoms with Crippen LogP contribution in [0.1, 0.15) is 17.5 Å². The molecule has 3 aromatic heterocycles. The van der Waals surface area contributed by atoms with E-state index in [1.165, 1.54) is 11.1 Å². The van der Waals surface area contributed by atoms with Gasteiger partial charge in [0.15, 0.2) is 11.6 Å². The monoisotopic (exact) mass is 405 g/mol. The third-order valence-corrected chi connectivity index (χ3v) is 4.04. The summed E-state index contributed by atoms with van der Waals surface area (Å²) in [4.78, 5) is 53.3. The largest absolute Gasteiger partial charge is 0.243 e. The second kappa shape index (κ2) is 6.74. The van der Waals surface area contributed by atoms with Gasteiger partial charge in [0, 0.05) is 31.0 Å². The predicted octanol–water partition coefficient (Wildman–Crippen LogP) is -0.292. The number of hydrogen-bond acceptors (Lipinski definition) is 13. The van der Waals surface area contributed by atoms with Crippen LogP contribution in [0.3, 0.4) is 0 Å². The first-order chi connectivity index (χ1) is 15.3. The van der Waals surface area contributed by atoms with Gasteiger partial charge < -0.3 is 0 Å². The molecule has 13 nitrogen and oxygen atoms in total. The number of aliphatic imine (C=N–C) groups is 6. The van der Waals surface area contributed by atoms with E-state index in [1.54, 1.807) is 36.9 Å². The first kappa shape index (κ1) is 16.8. The van der Waals surface area contributed by atoms with E-state index in [0.29, 0.717) is 11.6 Å². The lowest BCUT2D eigenvalue weighted by atomic mass is 10.4. The molecule has 0 spiro atoms. The zero-order valence-corrected chi connectivity index (χ0v) is 15.4. The Kier molecular flexibility index (Phi) is 3.65. The molecular weight excluding hydrogens is 398 g/mol. The summed E-state index contributed by atoms with van der Waals surface area (Å²) in [7, 11) is 0. The van der Waals surface area contributed by atoms with Crippen molar-refractivity contribution >= 4 is 35.4 Å². The Hall–Kier alpha value is -5.12. The second-order valence-corrected chi connectivity index (χ2v) is 5.97. The maximum absolute atomic E-state index is 4.48. The topological polar surface area (TPSA) is 155 Å². The number of guanidine groups is 3. The van der Waals surface area contributed by atoms with Gasteiger partial charge in [-0.2, -0.15) is 34.9 Å². The first-order valence-corrected chi connectivity index (χ1v) is 8.83. The molecular formula is C18H7N13. The van der Waals surface area contributed by atoms with E-state index in [2.05, 4.69) is 72.1 Å². The minimum Gasteiger partial charge on any atom is -0.234 e. The molecule has 3 aromatic rings. The molecule has 0 amide bonds. The SMILES string of the molecule is c1cnc(C2=NC3=NC(c4ncccn4)=NC4=NC(c5ncccn5)=NC(=N2)N34)nc#1. The maximum atomic E-state index is 4.48. The summed E-state index contributed by atoms with van der Waals surface area (Å²) in [6.45, 7) is 0. The van der Waals surface area contributed by atoms with Crippen LogP contribution in [-0.2, 0) is 0 Å². The quantitative estimate of drug-likeness (QED) is 0.580. The zero-order chi connectivity index (χ0) is 20.6. The minimum atomic E-state index is 0.198. The number of aromatic nitrogens is 6. The molecule has 0 saturated heterocycles. The third-order valence-electron chi connectivity index (χ3n) is 4.04. The summed E-state index contributed by atoms with van der Waals surface area (Å²) in [5.41, 5.74) is 0. The lowest BCUT2D eigenvalue weighted by molar-refractivity contribution is 0.823. The van der Waals surface area contributed by atoms with Crippen LogP contribution in [0.25, 0.3) is 0 Å². The van der Waals surface area contributed by atoms with Gasteiger partial charge in [0.1, 0.15) is 0 Å². The highest BCUT2D eigenvalue weighted by atomic mass is 15.5. The summed E-state index contributed by atoms with van der Waals surface area (Å²) >= 11 is 0. The van der Waals surface area contributed by atoms with E-state index in [-0.39, 0.29) is 41.2 Å². The Labute approximate surface area is 173 Å². The average molecular weight is 405 g/mol. The molecule has 0 unspecified atom stereocenters. The van der Waals surface area contributed by atoms with Crippen molar-refractivity contribution in [1.29, 1.82) is 0 Å². The van der Waals surface area contributed by atoms with Crippen molar-refractivity contribution < 1.29 is 0 Å². The van der Waals surface area contributed by atoms with Crippen molar-refractivity contribution in [1.82, 2.24) is 34.8 Å². The van der Waals surface area contributed by atoms with E-state index in [0.717, 1.165) is 0 Å². The van der Waals surface area contributed by atoms with Gasteiger partial charge in [-0.05, 0) is 18.2 Å². The summed E-state index contributed by atoms with van der Waals surface area (Å²) in [6.07, 6.45) is 10.4. The molecule has 0 N–H and O–H groups in total. The van der Waals surface area contributed by atoms with Crippen LogP contribution in [0, 0.1) is 12.3 Å². The number of amidine groups is 3. The molecule has 3 aliphatic rings. The molecule has 0 atom stereocenters. The Bertz CT molecular complexity index is 1190. The molecule has 0 saturated carbocycles. The van der Waals surface area contributed by atoms with Crippen LogP contribution >= 0.6 is 0 Å². The van der Waals surface area contributed by atoms with Crippen LogP contribution < -0.4 is 0 Å². The van der Waals surface area contributed by atoms with Crippen LogP contribution in [-0.4, -0.2) is 70.2 Å². The van der Waals surface area contributed by atoms with Gasteiger partial charge in [0.2, 0.25) is 41.2 Å². The van der Waals surface area contributed by atoms with E-state index in [4.69, 9.17) is 0 Å². The van der Waals surface area contributed by atoms with Gasteiger partial charge in [-0.25, -0.2) is 29.8 Å². The normalized spacial score (nSPS) is 16.6. The minimum absolute atomic E-state index is 0.198. The van der Waals surface area contributed by atoms with Crippen molar-refractivity contribution in [3.05, 3.63) is 72.9 Å². The van der Waals surface area contributed by atoms with E-state index in [9.17, 15) is 0 Å². The molecule has 0 fully saturated rings. The molecule has 31 heavy (non-hydrogen) atoms. The molecule has 0 aliphatic carbocycles. The Morgan fingerprint density at radius 1 is 0.548 bits per heavy atom. The Morgan fingerprint density at radius 3 is 1.48 bits per heavy atom. The molecule has 13 heteroatoms. The van der Waals surface area contributed by atoms with Crippen molar-refractivity contribution in [3.63, 3.8) is 0 Å². The molecule has 3 aliphatic heterocycles. The summed E-state index contributed by atoms with van der Waals surface area (Å²) < 4.78 is 0. The summed E-state index contributed by atoms with van der Waals surface area (Å²) in [6, 6.07) is 6.04. The van der Waals surface area contributed by atoms with Crippen LogP contribution in [0.5, 0.6) is 0 Å².